The number of carbonyl (C=O) groups is 2. The maximum atomic E-state index is 13.7. The monoisotopic (exact) mass is 442 g/mol. The van der Waals surface area contributed by atoms with Crippen LogP contribution in [-0.4, -0.2) is 25.7 Å². The highest BCUT2D eigenvalue weighted by molar-refractivity contribution is 6.46. The Bertz CT molecular complexity index is 1330. The van der Waals surface area contributed by atoms with Crippen molar-refractivity contribution in [3.63, 3.8) is 0 Å². The fourth-order valence-electron chi connectivity index (χ4n) is 4.14. The van der Waals surface area contributed by atoms with Crippen molar-refractivity contribution in [2.45, 2.75) is 13.8 Å². The summed E-state index contributed by atoms with van der Waals surface area (Å²) in [4.78, 5) is 28.6. The summed E-state index contributed by atoms with van der Waals surface area (Å²) in [6.45, 7) is 4.00. The molecule has 2 aliphatic heterocycles. The zero-order chi connectivity index (χ0) is 23.1. The molecule has 0 fully saturated rings. The molecule has 0 aliphatic carbocycles. The van der Waals surface area contributed by atoms with Crippen molar-refractivity contribution >= 4 is 28.8 Å². The van der Waals surface area contributed by atoms with Gasteiger partial charge in [0.15, 0.2) is 11.5 Å². The largest absolute Gasteiger partial charge is 0.496 e. The Kier molecular flexibility index (Phi) is 5.01. The van der Waals surface area contributed by atoms with Crippen LogP contribution in [-0.2, 0) is 9.59 Å². The van der Waals surface area contributed by atoms with Gasteiger partial charge in [-0.25, -0.2) is 4.90 Å². The van der Waals surface area contributed by atoms with Crippen molar-refractivity contribution in [2.75, 3.05) is 24.1 Å². The van der Waals surface area contributed by atoms with E-state index in [1.807, 2.05) is 32.0 Å². The number of nitrogens with one attached hydrogen (secondary N) is 1. The van der Waals surface area contributed by atoms with Gasteiger partial charge < -0.3 is 19.5 Å². The number of carbonyl (C=O) groups excluding carboxylic acids is 2. The van der Waals surface area contributed by atoms with Crippen LogP contribution in [0, 0.1) is 13.8 Å². The summed E-state index contributed by atoms with van der Waals surface area (Å²) in [5.74, 6) is 0.846. The van der Waals surface area contributed by atoms with Crippen molar-refractivity contribution < 1.29 is 23.8 Å². The van der Waals surface area contributed by atoms with Crippen LogP contribution in [0.2, 0.25) is 0 Å². The topological polar surface area (TPSA) is 77.1 Å². The third-order valence-corrected chi connectivity index (χ3v) is 5.70. The zero-order valence-corrected chi connectivity index (χ0v) is 18.5. The lowest BCUT2D eigenvalue weighted by Gasteiger charge is -2.18. The van der Waals surface area contributed by atoms with Gasteiger partial charge in [-0.05, 0) is 43.7 Å². The molecule has 7 nitrogen and oxygen atoms in total. The van der Waals surface area contributed by atoms with Gasteiger partial charge in [0.25, 0.3) is 11.8 Å². The van der Waals surface area contributed by atoms with E-state index < -0.39 is 11.8 Å². The van der Waals surface area contributed by atoms with Gasteiger partial charge in [0.05, 0.1) is 18.4 Å². The predicted molar refractivity (Wildman–Crippen MR) is 125 cm³/mol. The summed E-state index contributed by atoms with van der Waals surface area (Å²) in [7, 11) is 1.54. The first kappa shape index (κ1) is 20.6. The second-order valence-corrected chi connectivity index (χ2v) is 7.88. The molecule has 33 heavy (non-hydrogen) atoms. The van der Waals surface area contributed by atoms with Crippen molar-refractivity contribution in [1.29, 1.82) is 0 Å². The molecule has 166 valence electrons. The number of aryl methyl sites for hydroxylation is 2. The summed E-state index contributed by atoms with van der Waals surface area (Å²) in [6, 6.07) is 18.1. The SMILES string of the molecule is COc1ccccc1C1=C(Nc2ccc3c(c2)OCO3)C(=O)N(c2ccc(C)cc2C)C1=O. The van der Waals surface area contributed by atoms with E-state index >= 15 is 0 Å². The van der Waals surface area contributed by atoms with Gasteiger partial charge in [-0.15, -0.1) is 0 Å². The van der Waals surface area contributed by atoms with Gasteiger partial charge >= 0.3 is 0 Å². The van der Waals surface area contributed by atoms with Crippen LogP contribution in [0.5, 0.6) is 17.2 Å². The van der Waals surface area contributed by atoms with Gasteiger partial charge in [-0.1, -0.05) is 35.9 Å². The van der Waals surface area contributed by atoms with E-state index in [1.165, 1.54) is 12.0 Å². The molecule has 0 saturated carbocycles. The van der Waals surface area contributed by atoms with Crippen LogP contribution >= 0.6 is 0 Å². The standard InChI is InChI=1S/C26H22N2O5/c1-15-8-10-19(16(2)12-15)28-25(29)23(18-6-4-5-7-20(18)31-3)24(26(28)30)27-17-9-11-21-22(13-17)33-14-32-21/h4-13,27H,14H2,1-3H3. The van der Waals surface area contributed by atoms with E-state index in [1.54, 1.807) is 42.5 Å². The minimum atomic E-state index is -0.439. The molecule has 0 unspecified atom stereocenters. The van der Waals surface area contributed by atoms with Crippen molar-refractivity contribution in [2.24, 2.45) is 0 Å². The quantitative estimate of drug-likeness (QED) is 0.589. The second-order valence-electron chi connectivity index (χ2n) is 7.88. The number of amides is 2. The van der Waals surface area contributed by atoms with Crippen LogP contribution in [0.15, 0.2) is 66.4 Å². The third-order valence-electron chi connectivity index (χ3n) is 5.70. The Labute approximate surface area is 191 Å². The molecular weight excluding hydrogens is 420 g/mol. The lowest BCUT2D eigenvalue weighted by Crippen LogP contribution is -2.33. The molecule has 3 aromatic carbocycles. The van der Waals surface area contributed by atoms with Crippen LogP contribution in [0.25, 0.3) is 5.57 Å². The Hall–Kier alpha value is -4.26. The zero-order valence-electron chi connectivity index (χ0n) is 18.5. The van der Waals surface area contributed by atoms with E-state index in [9.17, 15) is 9.59 Å². The number of rotatable bonds is 5. The van der Waals surface area contributed by atoms with Gasteiger partial charge in [0, 0.05) is 17.3 Å². The first-order chi connectivity index (χ1) is 16.0. The molecule has 2 amide bonds. The Balaban J connectivity index is 1.64. The molecule has 0 aromatic heterocycles. The number of para-hydroxylation sites is 1. The van der Waals surface area contributed by atoms with Crippen LogP contribution in [0.1, 0.15) is 16.7 Å². The van der Waals surface area contributed by atoms with Gasteiger partial charge in [0.2, 0.25) is 6.79 Å². The van der Waals surface area contributed by atoms with E-state index in [0.717, 1.165) is 11.1 Å². The van der Waals surface area contributed by atoms with E-state index in [4.69, 9.17) is 14.2 Å². The molecule has 7 heteroatoms. The Morgan fingerprint density at radius 3 is 2.48 bits per heavy atom. The molecular formula is C26H22N2O5. The smallest absolute Gasteiger partial charge is 0.282 e. The number of imide groups is 1. The minimum absolute atomic E-state index is 0.145. The maximum absolute atomic E-state index is 13.7. The van der Waals surface area contributed by atoms with E-state index in [0.29, 0.717) is 34.2 Å². The molecule has 2 aliphatic rings. The molecule has 1 N–H and O–H groups in total. The number of fused-ring (bicyclic) bond motifs is 1. The number of benzene rings is 3. The second kappa shape index (κ2) is 8.02. The number of hydrogen-bond donors (Lipinski definition) is 1. The predicted octanol–water partition coefficient (Wildman–Crippen LogP) is 4.44. The van der Waals surface area contributed by atoms with Crippen molar-refractivity contribution in [3.05, 3.63) is 83.1 Å². The summed E-state index contributed by atoms with van der Waals surface area (Å²) in [6.07, 6.45) is 0. The minimum Gasteiger partial charge on any atom is -0.496 e. The third kappa shape index (κ3) is 3.47. The molecule has 3 aromatic rings. The van der Waals surface area contributed by atoms with Gasteiger partial charge in [-0.2, -0.15) is 0 Å². The average molecular weight is 442 g/mol. The molecule has 0 spiro atoms. The molecule has 0 bridgehead atoms. The number of anilines is 2. The average Bonchev–Trinajstić information content (AvgIpc) is 3.36. The van der Waals surface area contributed by atoms with Crippen LogP contribution in [0.4, 0.5) is 11.4 Å². The van der Waals surface area contributed by atoms with Gasteiger partial charge in [0.1, 0.15) is 11.4 Å². The summed E-state index contributed by atoms with van der Waals surface area (Å²) >= 11 is 0. The molecule has 5 rings (SSSR count). The maximum Gasteiger partial charge on any atom is 0.282 e. The Morgan fingerprint density at radius 1 is 0.909 bits per heavy atom. The lowest BCUT2D eigenvalue weighted by atomic mass is 10.0. The molecule has 2 heterocycles. The lowest BCUT2D eigenvalue weighted by molar-refractivity contribution is -0.120. The fraction of sp³-hybridized carbons (Fsp3) is 0.154. The molecule has 0 atom stereocenters. The highest BCUT2D eigenvalue weighted by Gasteiger charge is 2.41. The fourth-order valence-corrected chi connectivity index (χ4v) is 4.14. The van der Waals surface area contributed by atoms with Crippen molar-refractivity contribution in [3.8, 4) is 17.2 Å². The van der Waals surface area contributed by atoms with E-state index in [-0.39, 0.29) is 18.1 Å². The molecule has 0 saturated heterocycles. The number of nitrogens with zero attached hydrogens (tertiary/aromatic N) is 1. The van der Waals surface area contributed by atoms with E-state index in [2.05, 4.69) is 5.32 Å². The highest BCUT2D eigenvalue weighted by atomic mass is 16.7. The van der Waals surface area contributed by atoms with Crippen LogP contribution in [0.3, 0.4) is 0 Å². The Morgan fingerprint density at radius 2 is 1.70 bits per heavy atom. The number of methoxy groups -OCH3 is 1. The first-order valence-electron chi connectivity index (χ1n) is 10.5. The number of hydrogen-bond acceptors (Lipinski definition) is 6. The number of ether oxygens (including phenoxy) is 3. The molecule has 0 radical (unpaired) electrons. The van der Waals surface area contributed by atoms with Gasteiger partial charge in [-0.3, -0.25) is 9.59 Å². The first-order valence-corrected chi connectivity index (χ1v) is 10.5. The summed E-state index contributed by atoms with van der Waals surface area (Å²) in [5.41, 5.74) is 3.98. The van der Waals surface area contributed by atoms with Crippen LogP contribution < -0.4 is 24.4 Å². The summed E-state index contributed by atoms with van der Waals surface area (Å²) < 4.78 is 16.3. The summed E-state index contributed by atoms with van der Waals surface area (Å²) in [5, 5.41) is 3.16. The highest BCUT2D eigenvalue weighted by Crippen LogP contribution is 2.40. The normalized spacial score (nSPS) is 14.8. The van der Waals surface area contributed by atoms with Crippen molar-refractivity contribution in [1.82, 2.24) is 0 Å².